The van der Waals surface area contributed by atoms with Crippen LogP contribution >= 0.6 is 0 Å². The van der Waals surface area contributed by atoms with Gasteiger partial charge in [-0.05, 0) is 24.1 Å². The maximum absolute atomic E-state index is 11.6. The van der Waals surface area contributed by atoms with Gasteiger partial charge < -0.3 is 14.2 Å². The van der Waals surface area contributed by atoms with Gasteiger partial charge in [-0.2, -0.15) is 0 Å². The van der Waals surface area contributed by atoms with Crippen molar-refractivity contribution in [2.24, 2.45) is 0 Å². The molecule has 0 bridgehead atoms. The Hall–Kier alpha value is -1.55. The number of benzene rings is 1. The largest absolute Gasteiger partial charge is 0.497 e. The first-order chi connectivity index (χ1) is 8.76. The third kappa shape index (κ3) is 3.01. The van der Waals surface area contributed by atoms with Crippen LogP contribution in [0.3, 0.4) is 0 Å². The second kappa shape index (κ2) is 5.87. The van der Waals surface area contributed by atoms with E-state index in [1.807, 2.05) is 24.3 Å². The molecular formula is C14H18O4. The molecule has 4 nitrogen and oxygen atoms in total. The van der Waals surface area contributed by atoms with Crippen LogP contribution in [0.5, 0.6) is 5.75 Å². The SMILES string of the molecule is CCCCOC(=O)[C@@H]1O[C@@H]1c1ccc(OC)cc1. The third-order valence-corrected chi connectivity index (χ3v) is 2.91. The minimum absolute atomic E-state index is 0.162. The molecule has 4 heteroatoms. The van der Waals surface area contributed by atoms with Gasteiger partial charge >= 0.3 is 5.97 Å². The van der Waals surface area contributed by atoms with Gasteiger partial charge in [0, 0.05) is 0 Å². The van der Waals surface area contributed by atoms with Crippen LogP contribution in [0, 0.1) is 0 Å². The summed E-state index contributed by atoms with van der Waals surface area (Å²) in [6.45, 7) is 2.53. The number of unbranched alkanes of at least 4 members (excludes halogenated alkanes) is 1. The molecule has 18 heavy (non-hydrogen) atoms. The lowest BCUT2D eigenvalue weighted by molar-refractivity contribution is -0.145. The first-order valence-corrected chi connectivity index (χ1v) is 6.22. The van der Waals surface area contributed by atoms with Crippen molar-refractivity contribution in [2.45, 2.75) is 32.0 Å². The van der Waals surface area contributed by atoms with Gasteiger partial charge in [0.25, 0.3) is 0 Å². The minimum Gasteiger partial charge on any atom is -0.497 e. The predicted octanol–water partition coefficient (Wildman–Crippen LogP) is 2.48. The van der Waals surface area contributed by atoms with Crippen LogP contribution in [-0.2, 0) is 14.3 Å². The molecule has 0 radical (unpaired) electrons. The molecule has 1 fully saturated rings. The molecule has 1 heterocycles. The molecule has 98 valence electrons. The summed E-state index contributed by atoms with van der Waals surface area (Å²) in [6, 6.07) is 7.53. The fourth-order valence-electron chi connectivity index (χ4n) is 1.74. The van der Waals surface area contributed by atoms with E-state index in [4.69, 9.17) is 14.2 Å². The molecule has 1 aliphatic heterocycles. The highest BCUT2D eigenvalue weighted by Gasteiger charge is 2.47. The number of carbonyl (C=O) groups is 1. The molecule has 2 rings (SSSR count). The zero-order valence-corrected chi connectivity index (χ0v) is 10.7. The van der Waals surface area contributed by atoms with Crippen LogP contribution in [0.1, 0.15) is 31.4 Å². The first-order valence-electron chi connectivity index (χ1n) is 6.22. The lowest BCUT2D eigenvalue weighted by Gasteiger charge is -2.01. The topological polar surface area (TPSA) is 48.1 Å². The summed E-state index contributed by atoms with van der Waals surface area (Å²) in [7, 11) is 1.62. The van der Waals surface area contributed by atoms with Crippen LogP contribution in [0.4, 0.5) is 0 Å². The summed E-state index contributed by atoms with van der Waals surface area (Å²) in [5.74, 6) is 0.533. The van der Waals surface area contributed by atoms with E-state index in [2.05, 4.69) is 6.92 Å². The number of carbonyl (C=O) groups excluding carboxylic acids is 1. The van der Waals surface area contributed by atoms with Gasteiger partial charge in [-0.15, -0.1) is 0 Å². The predicted molar refractivity (Wildman–Crippen MR) is 66.5 cm³/mol. The summed E-state index contributed by atoms with van der Waals surface area (Å²) in [4.78, 5) is 11.6. The van der Waals surface area contributed by atoms with Crippen LogP contribution in [0.2, 0.25) is 0 Å². The second-order valence-corrected chi connectivity index (χ2v) is 4.27. The average molecular weight is 250 g/mol. The summed E-state index contributed by atoms with van der Waals surface area (Å²) in [5.41, 5.74) is 0.980. The molecule has 0 amide bonds. The number of methoxy groups -OCH3 is 1. The average Bonchev–Trinajstić information content (AvgIpc) is 3.19. The zero-order chi connectivity index (χ0) is 13.0. The molecular weight excluding hydrogens is 232 g/mol. The number of epoxide rings is 1. The lowest BCUT2D eigenvalue weighted by atomic mass is 10.1. The van der Waals surface area contributed by atoms with E-state index < -0.39 is 6.10 Å². The Labute approximate surface area is 107 Å². The second-order valence-electron chi connectivity index (χ2n) is 4.27. The molecule has 0 saturated carbocycles. The fourth-order valence-corrected chi connectivity index (χ4v) is 1.74. The standard InChI is InChI=1S/C14H18O4/c1-3-4-9-17-14(15)13-12(18-13)10-5-7-11(16-2)8-6-10/h5-8,12-13H,3-4,9H2,1-2H3/t12-,13-/m1/s1. The van der Waals surface area contributed by atoms with E-state index >= 15 is 0 Å². The summed E-state index contributed by atoms with van der Waals surface area (Å²) in [5, 5.41) is 0. The highest BCUT2D eigenvalue weighted by Crippen LogP contribution is 2.39. The van der Waals surface area contributed by atoms with Crippen LogP contribution < -0.4 is 4.74 Å². The van der Waals surface area contributed by atoms with Crippen LogP contribution in [0.15, 0.2) is 24.3 Å². The van der Waals surface area contributed by atoms with E-state index in [0.717, 1.165) is 24.2 Å². The number of hydrogen-bond acceptors (Lipinski definition) is 4. The van der Waals surface area contributed by atoms with E-state index in [1.165, 1.54) is 0 Å². The van der Waals surface area contributed by atoms with Crippen molar-refractivity contribution >= 4 is 5.97 Å². The fraction of sp³-hybridized carbons (Fsp3) is 0.500. The number of ether oxygens (including phenoxy) is 3. The van der Waals surface area contributed by atoms with E-state index in [0.29, 0.717) is 6.61 Å². The molecule has 0 N–H and O–H groups in total. The molecule has 1 aliphatic rings. The van der Waals surface area contributed by atoms with Crippen molar-refractivity contribution in [2.75, 3.05) is 13.7 Å². The summed E-state index contributed by atoms with van der Waals surface area (Å²) >= 11 is 0. The Balaban J connectivity index is 1.84. The molecule has 2 atom stereocenters. The molecule has 0 aliphatic carbocycles. The Morgan fingerprint density at radius 3 is 2.67 bits per heavy atom. The highest BCUT2D eigenvalue weighted by atomic mass is 16.6. The van der Waals surface area contributed by atoms with Crippen molar-refractivity contribution in [3.8, 4) is 5.75 Å². The third-order valence-electron chi connectivity index (χ3n) is 2.91. The van der Waals surface area contributed by atoms with Gasteiger partial charge in [-0.25, -0.2) is 4.79 Å². The number of esters is 1. The van der Waals surface area contributed by atoms with Crippen molar-refractivity contribution in [3.05, 3.63) is 29.8 Å². The monoisotopic (exact) mass is 250 g/mol. The highest BCUT2D eigenvalue weighted by molar-refractivity contribution is 5.78. The van der Waals surface area contributed by atoms with Crippen molar-refractivity contribution in [1.29, 1.82) is 0 Å². The quantitative estimate of drug-likeness (QED) is 0.442. The molecule has 1 aromatic carbocycles. The Kier molecular flexibility index (Phi) is 4.20. The maximum Gasteiger partial charge on any atom is 0.338 e. The van der Waals surface area contributed by atoms with Crippen molar-refractivity contribution < 1.29 is 19.0 Å². The zero-order valence-electron chi connectivity index (χ0n) is 10.7. The summed E-state index contributed by atoms with van der Waals surface area (Å²) in [6.07, 6.45) is 1.31. The van der Waals surface area contributed by atoms with Gasteiger partial charge in [-0.3, -0.25) is 0 Å². The van der Waals surface area contributed by atoms with Gasteiger partial charge in [0.1, 0.15) is 11.9 Å². The van der Waals surface area contributed by atoms with Crippen molar-refractivity contribution in [1.82, 2.24) is 0 Å². The number of rotatable bonds is 6. The van der Waals surface area contributed by atoms with Crippen LogP contribution in [0.25, 0.3) is 0 Å². The lowest BCUT2D eigenvalue weighted by Crippen LogP contribution is -2.13. The summed E-state index contributed by atoms with van der Waals surface area (Å²) < 4.78 is 15.5. The maximum atomic E-state index is 11.6. The Bertz CT molecular complexity index is 399. The molecule has 0 aromatic heterocycles. The number of hydrogen-bond donors (Lipinski definition) is 0. The van der Waals surface area contributed by atoms with E-state index in [9.17, 15) is 4.79 Å². The Morgan fingerprint density at radius 1 is 1.33 bits per heavy atom. The molecule has 0 spiro atoms. The molecule has 1 aromatic rings. The van der Waals surface area contributed by atoms with E-state index in [-0.39, 0.29) is 12.1 Å². The van der Waals surface area contributed by atoms with Gasteiger partial charge in [0.15, 0.2) is 6.10 Å². The molecule has 1 saturated heterocycles. The smallest absolute Gasteiger partial charge is 0.338 e. The normalized spacial score (nSPS) is 21.4. The van der Waals surface area contributed by atoms with E-state index in [1.54, 1.807) is 7.11 Å². The Morgan fingerprint density at radius 2 is 2.06 bits per heavy atom. The van der Waals surface area contributed by atoms with Crippen LogP contribution in [-0.4, -0.2) is 25.8 Å². The van der Waals surface area contributed by atoms with Gasteiger partial charge in [0.05, 0.1) is 13.7 Å². The van der Waals surface area contributed by atoms with Crippen molar-refractivity contribution in [3.63, 3.8) is 0 Å². The first kappa shape index (κ1) is 12.9. The minimum atomic E-state index is -0.435. The van der Waals surface area contributed by atoms with Gasteiger partial charge in [0.2, 0.25) is 0 Å². The molecule has 0 unspecified atom stereocenters. The van der Waals surface area contributed by atoms with Gasteiger partial charge in [-0.1, -0.05) is 25.5 Å².